The average Bonchev–Trinajstić information content (AvgIpc) is 2.55. The summed E-state index contributed by atoms with van der Waals surface area (Å²) in [7, 11) is 0. The van der Waals surface area contributed by atoms with E-state index in [1.807, 2.05) is 6.92 Å². The van der Waals surface area contributed by atoms with E-state index in [4.69, 9.17) is 9.84 Å². The lowest BCUT2D eigenvalue weighted by Gasteiger charge is -2.12. The molecule has 1 amide bonds. The summed E-state index contributed by atoms with van der Waals surface area (Å²) in [5.74, 6) is -0.268. The summed E-state index contributed by atoms with van der Waals surface area (Å²) in [4.78, 5) is 11.3. The van der Waals surface area contributed by atoms with Crippen LogP contribution in [-0.2, 0) is 9.53 Å². The van der Waals surface area contributed by atoms with Gasteiger partial charge in [0.25, 0.3) is 0 Å². The number of nitrogens with one attached hydrogen (secondary N) is 1. The molecule has 1 rings (SSSR count). The quantitative estimate of drug-likeness (QED) is 0.567. The van der Waals surface area contributed by atoms with Gasteiger partial charge in [0.2, 0.25) is 5.91 Å². The fraction of sp³-hybridized carbons (Fsp3) is 0.900. The molecule has 0 aromatic carbocycles. The van der Waals surface area contributed by atoms with Crippen LogP contribution < -0.4 is 5.32 Å². The van der Waals surface area contributed by atoms with Gasteiger partial charge in [0.15, 0.2) is 0 Å². The number of hydrogen-bond acceptors (Lipinski definition) is 4. The maximum Gasteiger partial charge on any atom is 0.246 e. The normalized spacial score (nSPS) is 30.5. The van der Waals surface area contributed by atoms with Gasteiger partial charge in [-0.3, -0.25) is 4.79 Å². The van der Waals surface area contributed by atoms with Gasteiger partial charge in [-0.25, -0.2) is 0 Å². The zero-order valence-corrected chi connectivity index (χ0v) is 8.98. The van der Waals surface area contributed by atoms with Crippen molar-refractivity contribution in [2.45, 2.75) is 31.9 Å². The van der Waals surface area contributed by atoms with Gasteiger partial charge in [-0.05, 0) is 19.8 Å². The van der Waals surface area contributed by atoms with Crippen molar-refractivity contribution in [1.29, 1.82) is 0 Å². The van der Waals surface area contributed by atoms with Crippen LogP contribution in [0.5, 0.6) is 0 Å². The molecular weight excluding hydrogens is 198 g/mol. The van der Waals surface area contributed by atoms with E-state index >= 15 is 0 Å². The van der Waals surface area contributed by atoms with Crippen LogP contribution in [-0.4, -0.2) is 48.1 Å². The van der Waals surface area contributed by atoms with Crippen molar-refractivity contribution in [3.05, 3.63) is 0 Å². The van der Waals surface area contributed by atoms with E-state index in [1.54, 1.807) is 0 Å². The van der Waals surface area contributed by atoms with Crippen molar-refractivity contribution in [1.82, 2.24) is 5.32 Å². The second kappa shape index (κ2) is 6.05. The van der Waals surface area contributed by atoms with Crippen LogP contribution in [0.4, 0.5) is 0 Å². The predicted octanol–water partition coefficient (Wildman–Crippen LogP) is -0.729. The molecule has 1 fully saturated rings. The topological polar surface area (TPSA) is 78.8 Å². The molecule has 0 radical (unpaired) electrons. The molecule has 0 aromatic heterocycles. The lowest BCUT2D eigenvalue weighted by atomic mass is 10.1. The summed E-state index contributed by atoms with van der Waals surface area (Å²) in [6, 6.07) is -0.0369. The molecule has 5 nitrogen and oxygen atoms in total. The number of aliphatic hydroxyl groups excluding tert-OH is 2. The first kappa shape index (κ1) is 12.4. The zero-order chi connectivity index (χ0) is 11.3. The second-order valence-electron chi connectivity index (χ2n) is 3.88. The molecule has 0 unspecified atom stereocenters. The fourth-order valence-corrected chi connectivity index (χ4v) is 1.88. The number of hydrogen-bond donors (Lipinski definition) is 3. The van der Waals surface area contributed by atoms with E-state index in [0.717, 1.165) is 0 Å². The van der Waals surface area contributed by atoms with Gasteiger partial charge >= 0.3 is 0 Å². The van der Waals surface area contributed by atoms with Crippen molar-refractivity contribution in [2.75, 3.05) is 19.8 Å². The van der Waals surface area contributed by atoms with Gasteiger partial charge in [0, 0.05) is 25.2 Å². The highest BCUT2D eigenvalue weighted by Gasteiger charge is 2.32. The van der Waals surface area contributed by atoms with Crippen molar-refractivity contribution < 1.29 is 19.7 Å². The molecule has 0 aliphatic heterocycles. The van der Waals surface area contributed by atoms with Crippen LogP contribution in [0, 0.1) is 5.92 Å². The van der Waals surface area contributed by atoms with E-state index in [-0.39, 0.29) is 31.1 Å². The van der Waals surface area contributed by atoms with Gasteiger partial charge < -0.3 is 20.3 Å². The molecule has 1 aliphatic carbocycles. The summed E-state index contributed by atoms with van der Waals surface area (Å²) in [5, 5.41) is 21.2. The summed E-state index contributed by atoms with van der Waals surface area (Å²) in [5.41, 5.74) is 0. The van der Waals surface area contributed by atoms with E-state index in [1.165, 1.54) is 0 Å². The lowest BCUT2D eigenvalue weighted by molar-refractivity contribution is -0.126. The Hall–Kier alpha value is -0.650. The Morgan fingerprint density at radius 1 is 1.53 bits per heavy atom. The van der Waals surface area contributed by atoms with E-state index in [2.05, 4.69) is 5.32 Å². The van der Waals surface area contributed by atoms with Crippen LogP contribution >= 0.6 is 0 Å². The second-order valence-corrected chi connectivity index (χ2v) is 3.88. The molecule has 1 aliphatic rings. The van der Waals surface area contributed by atoms with E-state index in [9.17, 15) is 9.90 Å². The molecule has 15 heavy (non-hydrogen) atoms. The van der Waals surface area contributed by atoms with Crippen molar-refractivity contribution in [3.8, 4) is 0 Å². The molecule has 0 aromatic rings. The third-order valence-corrected chi connectivity index (χ3v) is 2.69. The minimum absolute atomic E-state index is 0.0288. The molecule has 0 saturated heterocycles. The Bertz CT molecular complexity index is 210. The SMILES string of the molecule is CCOCC(=O)N[C@H]1C[C@@H](CO)[C@@H](O)C1. The van der Waals surface area contributed by atoms with Gasteiger partial charge in [-0.2, -0.15) is 0 Å². The average molecular weight is 217 g/mol. The van der Waals surface area contributed by atoms with E-state index in [0.29, 0.717) is 19.4 Å². The smallest absolute Gasteiger partial charge is 0.246 e. The van der Waals surface area contributed by atoms with E-state index < -0.39 is 6.10 Å². The van der Waals surface area contributed by atoms with Crippen molar-refractivity contribution >= 4 is 5.91 Å². The van der Waals surface area contributed by atoms with Gasteiger partial charge in [-0.15, -0.1) is 0 Å². The Kier molecular flexibility index (Phi) is 5.01. The summed E-state index contributed by atoms with van der Waals surface area (Å²) in [6.45, 7) is 2.38. The highest BCUT2D eigenvalue weighted by Crippen LogP contribution is 2.25. The fourth-order valence-electron chi connectivity index (χ4n) is 1.88. The third-order valence-electron chi connectivity index (χ3n) is 2.69. The summed E-state index contributed by atoms with van der Waals surface area (Å²) >= 11 is 0. The molecular formula is C10H19NO4. The van der Waals surface area contributed by atoms with Crippen molar-refractivity contribution in [2.24, 2.45) is 5.92 Å². The zero-order valence-electron chi connectivity index (χ0n) is 8.98. The maximum atomic E-state index is 11.3. The van der Waals surface area contributed by atoms with Crippen molar-refractivity contribution in [3.63, 3.8) is 0 Å². The molecule has 0 heterocycles. The lowest BCUT2D eigenvalue weighted by Crippen LogP contribution is -2.36. The van der Waals surface area contributed by atoms with Crippen LogP contribution in [0.15, 0.2) is 0 Å². The highest BCUT2D eigenvalue weighted by atomic mass is 16.5. The maximum absolute atomic E-state index is 11.3. The van der Waals surface area contributed by atoms with Gasteiger partial charge in [0.1, 0.15) is 6.61 Å². The van der Waals surface area contributed by atoms with Crippen LogP contribution in [0.3, 0.4) is 0 Å². The molecule has 0 bridgehead atoms. The Balaban J connectivity index is 2.25. The highest BCUT2D eigenvalue weighted by molar-refractivity contribution is 5.77. The predicted molar refractivity (Wildman–Crippen MR) is 54.2 cm³/mol. The Morgan fingerprint density at radius 3 is 2.80 bits per heavy atom. The molecule has 0 spiro atoms. The standard InChI is InChI=1S/C10H19NO4/c1-2-15-6-10(14)11-8-3-7(5-12)9(13)4-8/h7-9,12-13H,2-6H2,1H3,(H,11,14)/t7-,8-,9-/m0/s1. The molecule has 1 saturated carbocycles. The number of amides is 1. The van der Waals surface area contributed by atoms with Crippen LogP contribution in [0.25, 0.3) is 0 Å². The molecule has 3 N–H and O–H groups in total. The summed E-state index contributed by atoms with van der Waals surface area (Å²) in [6.07, 6.45) is 0.644. The Morgan fingerprint density at radius 2 is 2.27 bits per heavy atom. The first-order chi connectivity index (χ1) is 7.17. The van der Waals surface area contributed by atoms with Gasteiger partial charge in [-0.1, -0.05) is 0 Å². The molecule has 88 valence electrons. The number of carbonyl (C=O) groups excluding carboxylic acids is 1. The minimum atomic E-state index is -0.507. The largest absolute Gasteiger partial charge is 0.396 e. The first-order valence-electron chi connectivity index (χ1n) is 5.33. The van der Waals surface area contributed by atoms with Crippen LogP contribution in [0.2, 0.25) is 0 Å². The Labute approximate surface area is 89.4 Å². The number of carbonyl (C=O) groups is 1. The number of aliphatic hydroxyl groups is 2. The first-order valence-corrected chi connectivity index (χ1v) is 5.33. The molecule has 3 atom stereocenters. The van der Waals surface area contributed by atoms with Crippen LogP contribution in [0.1, 0.15) is 19.8 Å². The third kappa shape index (κ3) is 3.77. The van der Waals surface area contributed by atoms with Gasteiger partial charge in [0.05, 0.1) is 6.10 Å². The molecule has 5 heteroatoms. The summed E-state index contributed by atoms with van der Waals surface area (Å²) < 4.78 is 4.96. The monoisotopic (exact) mass is 217 g/mol. The minimum Gasteiger partial charge on any atom is -0.396 e. The number of ether oxygens (including phenoxy) is 1. The number of rotatable bonds is 5.